The van der Waals surface area contributed by atoms with Crippen molar-refractivity contribution in [2.75, 3.05) is 26.2 Å². The van der Waals surface area contributed by atoms with Gasteiger partial charge in [-0.1, -0.05) is 29.8 Å². The minimum absolute atomic E-state index is 0.743. The van der Waals surface area contributed by atoms with Gasteiger partial charge in [0.1, 0.15) is 12.4 Å². The zero-order valence-electron chi connectivity index (χ0n) is 17.1. The standard InChI is InChI=1S/C25H27ClN2O/c1-18-15-22(16-19(2)25(18)29-14-13-28-11-3-4-12-28)24-10-7-21(17-27-24)20-5-8-23(26)9-6-20/h5-10,15-17H,3-4,11-14H2,1-2H3. The van der Waals surface area contributed by atoms with Crippen molar-refractivity contribution in [1.82, 2.24) is 9.88 Å². The number of halogens is 1. The Bertz CT molecular complexity index is 938. The van der Waals surface area contributed by atoms with E-state index in [2.05, 4.69) is 43.0 Å². The van der Waals surface area contributed by atoms with Crippen LogP contribution in [-0.4, -0.2) is 36.1 Å². The first-order valence-electron chi connectivity index (χ1n) is 10.3. The average Bonchev–Trinajstić information content (AvgIpc) is 3.24. The molecular weight excluding hydrogens is 380 g/mol. The second-order valence-electron chi connectivity index (χ2n) is 7.78. The zero-order chi connectivity index (χ0) is 20.2. The summed E-state index contributed by atoms with van der Waals surface area (Å²) in [6.45, 7) is 8.40. The van der Waals surface area contributed by atoms with Gasteiger partial charge < -0.3 is 4.74 Å². The number of likely N-dealkylation sites (tertiary alicyclic amines) is 1. The van der Waals surface area contributed by atoms with Gasteiger partial charge >= 0.3 is 0 Å². The third-order valence-electron chi connectivity index (χ3n) is 5.55. The quantitative estimate of drug-likeness (QED) is 0.490. The summed E-state index contributed by atoms with van der Waals surface area (Å²) in [5.74, 6) is 1.01. The fraction of sp³-hybridized carbons (Fsp3) is 0.320. The molecule has 1 saturated heterocycles. The molecule has 29 heavy (non-hydrogen) atoms. The monoisotopic (exact) mass is 406 g/mol. The van der Waals surface area contributed by atoms with Crippen molar-refractivity contribution in [3.8, 4) is 28.1 Å². The van der Waals surface area contributed by atoms with Crippen LogP contribution in [-0.2, 0) is 0 Å². The molecule has 0 bridgehead atoms. The van der Waals surface area contributed by atoms with E-state index in [1.807, 2.05) is 30.5 Å². The summed E-state index contributed by atoms with van der Waals surface area (Å²) in [6, 6.07) is 16.4. The second-order valence-corrected chi connectivity index (χ2v) is 8.21. The van der Waals surface area contributed by atoms with Gasteiger partial charge in [-0.15, -0.1) is 0 Å². The summed E-state index contributed by atoms with van der Waals surface area (Å²) in [6.07, 6.45) is 4.55. The zero-order valence-corrected chi connectivity index (χ0v) is 17.9. The molecule has 4 rings (SSSR count). The lowest BCUT2D eigenvalue weighted by molar-refractivity contribution is 0.236. The van der Waals surface area contributed by atoms with Gasteiger partial charge in [-0.05, 0) is 86.8 Å². The topological polar surface area (TPSA) is 25.4 Å². The summed E-state index contributed by atoms with van der Waals surface area (Å²) >= 11 is 5.98. The van der Waals surface area contributed by atoms with Crippen molar-refractivity contribution in [2.45, 2.75) is 26.7 Å². The van der Waals surface area contributed by atoms with E-state index in [0.29, 0.717) is 0 Å². The summed E-state index contributed by atoms with van der Waals surface area (Å²) < 4.78 is 6.13. The van der Waals surface area contributed by atoms with Gasteiger partial charge in [0.15, 0.2) is 0 Å². The van der Waals surface area contributed by atoms with Crippen molar-refractivity contribution in [2.24, 2.45) is 0 Å². The average molecular weight is 407 g/mol. The normalized spacial score (nSPS) is 14.3. The number of hydrogen-bond acceptors (Lipinski definition) is 3. The number of aryl methyl sites for hydroxylation is 2. The molecule has 1 aliphatic rings. The Balaban J connectivity index is 1.47. The number of aromatic nitrogens is 1. The fourth-order valence-corrected chi connectivity index (χ4v) is 4.11. The van der Waals surface area contributed by atoms with Crippen LogP contribution in [0.15, 0.2) is 54.7 Å². The molecule has 0 spiro atoms. The van der Waals surface area contributed by atoms with Crippen molar-refractivity contribution in [3.05, 3.63) is 70.9 Å². The Morgan fingerprint density at radius 1 is 0.897 bits per heavy atom. The summed E-state index contributed by atoms with van der Waals surface area (Å²) in [4.78, 5) is 7.17. The minimum atomic E-state index is 0.743. The van der Waals surface area contributed by atoms with Crippen LogP contribution in [0.1, 0.15) is 24.0 Å². The van der Waals surface area contributed by atoms with Gasteiger partial charge in [0, 0.05) is 28.9 Å². The molecule has 0 aliphatic carbocycles. The molecule has 0 radical (unpaired) electrons. The maximum Gasteiger partial charge on any atom is 0.125 e. The fourth-order valence-electron chi connectivity index (χ4n) is 3.99. The second kappa shape index (κ2) is 8.98. The molecule has 0 unspecified atom stereocenters. The van der Waals surface area contributed by atoms with Gasteiger partial charge in [0.25, 0.3) is 0 Å². The molecule has 1 fully saturated rings. The maximum atomic E-state index is 6.13. The van der Waals surface area contributed by atoms with E-state index in [4.69, 9.17) is 21.3 Å². The molecule has 0 N–H and O–H groups in total. The van der Waals surface area contributed by atoms with Gasteiger partial charge in [0.05, 0.1) is 5.69 Å². The van der Waals surface area contributed by atoms with E-state index in [0.717, 1.165) is 57.4 Å². The number of pyridine rings is 1. The lowest BCUT2D eigenvalue weighted by Gasteiger charge is -2.18. The van der Waals surface area contributed by atoms with Gasteiger partial charge in [-0.3, -0.25) is 9.88 Å². The lowest BCUT2D eigenvalue weighted by Crippen LogP contribution is -2.25. The summed E-state index contributed by atoms with van der Waals surface area (Å²) in [7, 11) is 0. The molecule has 0 amide bonds. The number of benzene rings is 2. The Morgan fingerprint density at radius 3 is 2.17 bits per heavy atom. The Hall–Kier alpha value is -2.36. The molecule has 1 aliphatic heterocycles. The van der Waals surface area contributed by atoms with Crippen molar-refractivity contribution >= 4 is 11.6 Å². The predicted molar refractivity (Wildman–Crippen MR) is 121 cm³/mol. The summed E-state index contributed by atoms with van der Waals surface area (Å²) in [5.41, 5.74) is 6.60. The third kappa shape index (κ3) is 4.80. The number of hydrogen-bond donors (Lipinski definition) is 0. The predicted octanol–water partition coefficient (Wildman–Crippen LogP) is 6.16. The van der Waals surface area contributed by atoms with E-state index in [9.17, 15) is 0 Å². The van der Waals surface area contributed by atoms with Crippen LogP contribution in [0.3, 0.4) is 0 Å². The van der Waals surface area contributed by atoms with Crippen molar-refractivity contribution in [3.63, 3.8) is 0 Å². The molecule has 2 heterocycles. The first kappa shape index (κ1) is 19.9. The van der Waals surface area contributed by atoms with Crippen LogP contribution in [0.25, 0.3) is 22.4 Å². The van der Waals surface area contributed by atoms with Crippen LogP contribution >= 0.6 is 11.6 Å². The number of nitrogens with zero attached hydrogens (tertiary/aromatic N) is 2. The minimum Gasteiger partial charge on any atom is -0.492 e. The lowest BCUT2D eigenvalue weighted by atomic mass is 10.0. The Morgan fingerprint density at radius 2 is 1.55 bits per heavy atom. The molecule has 3 nitrogen and oxygen atoms in total. The van der Waals surface area contributed by atoms with Crippen LogP contribution in [0.2, 0.25) is 5.02 Å². The van der Waals surface area contributed by atoms with E-state index < -0.39 is 0 Å². The van der Waals surface area contributed by atoms with Crippen molar-refractivity contribution in [1.29, 1.82) is 0 Å². The third-order valence-corrected chi connectivity index (χ3v) is 5.80. The first-order chi connectivity index (χ1) is 14.1. The van der Waals surface area contributed by atoms with E-state index >= 15 is 0 Å². The highest BCUT2D eigenvalue weighted by molar-refractivity contribution is 6.30. The highest BCUT2D eigenvalue weighted by Crippen LogP contribution is 2.30. The molecule has 150 valence electrons. The molecular formula is C25H27ClN2O. The van der Waals surface area contributed by atoms with Crippen LogP contribution in [0, 0.1) is 13.8 Å². The van der Waals surface area contributed by atoms with Crippen LogP contribution in [0.4, 0.5) is 0 Å². The van der Waals surface area contributed by atoms with E-state index in [-0.39, 0.29) is 0 Å². The first-order valence-corrected chi connectivity index (χ1v) is 10.7. The Labute approximate surface area is 178 Å². The molecule has 2 aromatic carbocycles. The molecule has 4 heteroatoms. The SMILES string of the molecule is Cc1cc(-c2ccc(-c3ccc(Cl)cc3)cn2)cc(C)c1OCCN1CCCC1. The number of ether oxygens (including phenoxy) is 1. The molecule has 3 aromatic rings. The summed E-state index contributed by atoms with van der Waals surface area (Å²) in [5, 5.41) is 0.743. The molecule has 0 atom stereocenters. The maximum absolute atomic E-state index is 6.13. The number of rotatable bonds is 6. The van der Waals surface area contributed by atoms with Gasteiger partial charge in [-0.25, -0.2) is 0 Å². The van der Waals surface area contributed by atoms with Crippen molar-refractivity contribution < 1.29 is 4.74 Å². The van der Waals surface area contributed by atoms with E-state index in [1.165, 1.54) is 25.9 Å². The highest BCUT2D eigenvalue weighted by Gasteiger charge is 2.13. The van der Waals surface area contributed by atoms with Crippen LogP contribution < -0.4 is 4.74 Å². The Kier molecular flexibility index (Phi) is 6.17. The smallest absolute Gasteiger partial charge is 0.125 e. The van der Waals surface area contributed by atoms with Gasteiger partial charge in [0.2, 0.25) is 0 Å². The van der Waals surface area contributed by atoms with E-state index in [1.54, 1.807) is 0 Å². The van der Waals surface area contributed by atoms with Gasteiger partial charge in [-0.2, -0.15) is 0 Å². The van der Waals surface area contributed by atoms with Crippen LogP contribution in [0.5, 0.6) is 5.75 Å². The largest absolute Gasteiger partial charge is 0.492 e. The highest BCUT2D eigenvalue weighted by atomic mass is 35.5. The molecule has 0 saturated carbocycles. The molecule has 1 aromatic heterocycles.